The van der Waals surface area contributed by atoms with Crippen LogP contribution in [-0.4, -0.2) is 78.0 Å². The van der Waals surface area contributed by atoms with E-state index in [4.69, 9.17) is 26.5 Å². The van der Waals surface area contributed by atoms with Crippen molar-refractivity contribution in [3.63, 3.8) is 0 Å². The van der Waals surface area contributed by atoms with E-state index in [1.807, 2.05) is 0 Å². The number of hydrogen-bond acceptors (Lipinski definition) is 12. The van der Waals surface area contributed by atoms with E-state index in [-0.39, 0.29) is 30.6 Å². The molecule has 24 heavy (non-hydrogen) atoms. The van der Waals surface area contributed by atoms with Gasteiger partial charge in [-0.3, -0.25) is 21.0 Å². The zero-order chi connectivity index (χ0) is 17.7. The quantitative estimate of drug-likeness (QED) is 0.243. The van der Waals surface area contributed by atoms with Gasteiger partial charge in [-0.25, -0.2) is 9.18 Å². The zero-order valence-corrected chi connectivity index (χ0v) is 13.1. The third kappa shape index (κ3) is 3.25. The van der Waals surface area contributed by atoms with Crippen LogP contribution in [0.1, 0.15) is 6.42 Å². The van der Waals surface area contributed by atoms with Gasteiger partial charge in [0.15, 0.2) is 5.84 Å². The van der Waals surface area contributed by atoms with Gasteiger partial charge in [0.1, 0.15) is 24.7 Å². The highest BCUT2D eigenvalue weighted by atomic mass is 32.3. The molecule has 0 saturated carbocycles. The molecule has 3 atom stereocenters. The molecule has 0 unspecified atom stereocenters. The first kappa shape index (κ1) is 17.2. The van der Waals surface area contributed by atoms with Crippen molar-refractivity contribution in [2.45, 2.75) is 30.6 Å². The van der Waals surface area contributed by atoms with E-state index < -0.39 is 41.2 Å². The molecule has 0 aliphatic carbocycles. The predicted molar refractivity (Wildman–Crippen MR) is 81.1 cm³/mol. The maximum absolute atomic E-state index is 10.6. The monoisotopic (exact) mass is 363 g/mol. The Kier molecular flexibility index (Phi) is 4.07. The number of rotatable bonds is 4. The summed E-state index contributed by atoms with van der Waals surface area (Å²) in [5, 5.41) is 9.98. The van der Waals surface area contributed by atoms with Crippen LogP contribution >= 0.6 is 0 Å². The first-order valence-electron chi connectivity index (χ1n) is 6.86. The summed E-state index contributed by atoms with van der Waals surface area (Å²) >= 11 is 0. The van der Waals surface area contributed by atoms with Crippen molar-refractivity contribution < 1.29 is 27.0 Å². The summed E-state index contributed by atoms with van der Waals surface area (Å²) in [5.74, 6) is -1.45. The fourth-order valence-electron chi connectivity index (χ4n) is 2.66. The number of nitrogens with zero attached hydrogens (tertiary/aromatic N) is 4. The van der Waals surface area contributed by atoms with Crippen LogP contribution in [0.3, 0.4) is 0 Å². The largest absolute Gasteiger partial charge is 0.397 e. The standard InChI is InChI=1S/C10H17N7O6S/c11-9-15-8-7(10(12,13)16-9)14-3-17(8)6-1-4(18)5(23-6)2-22-24(19,20)21/h4-6,18H,1-3,12-13H2,(H2,11,16)(H,19,20,21)/t4-,5+,6+/m0/s1. The average molecular weight is 363 g/mol. The van der Waals surface area contributed by atoms with Crippen LogP contribution < -0.4 is 17.2 Å². The number of amidine groups is 1. The molecule has 3 heterocycles. The molecular weight excluding hydrogens is 346 g/mol. The number of fused-ring (bicyclic) bond motifs is 1. The molecule has 0 spiro atoms. The van der Waals surface area contributed by atoms with E-state index in [1.165, 1.54) is 0 Å². The van der Waals surface area contributed by atoms with Crippen molar-refractivity contribution in [2.24, 2.45) is 32.2 Å². The molecule has 0 aromatic rings. The van der Waals surface area contributed by atoms with E-state index in [1.54, 1.807) is 4.90 Å². The Labute approximate surface area is 136 Å². The number of nitrogens with two attached hydrogens (primary N) is 3. The second-order valence-electron chi connectivity index (χ2n) is 5.49. The van der Waals surface area contributed by atoms with Crippen LogP contribution in [-0.2, 0) is 19.3 Å². The second kappa shape index (κ2) is 5.69. The topological polar surface area (TPSA) is 211 Å². The average Bonchev–Trinajstić information content (AvgIpc) is 2.98. The lowest BCUT2D eigenvalue weighted by Crippen LogP contribution is -2.61. The van der Waals surface area contributed by atoms with E-state index in [2.05, 4.69) is 19.2 Å². The molecule has 1 saturated heterocycles. The molecule has 0 aromatic heterocycles. The summed E-state index contributed by atoms with van der Waals surface area (Å²) in [6.07, 6.45) is -2.54. The molecule has 0 aromatic carbocycles. The van der Waals surface area contributed by atoms with Gasteiger partial charge >= 0.3 is 10.4 Å². The van der Waals surface area contributed by atoms with Crippen molar-refractivity contribution in [3.8, 4) is 0 Å². The first-order chi connectivity index (χ1) is 11.1. The van der Waals surface area contributed by atoms with Gasteiger partial charge in [0.2, 0.25) is 11.7 Å². The SMILES string of the molecule is NC1=NC(N)(N)C2=NCN([C@H]3C[C@H](O)[C@@H](COS(=O)(=O)O)O3)C2=N1. The smallest absolute Gasteiger partial charge is 0.390 e. The summed E-state index contributed by atoms with van der Waals surface area (Å²) in [7, 11) is -4.63. The molecule has 14 heteroatoms. The fourth-order valence-corrected chi connectivity index (χ4v) is 2.96. The minimum atomic E-state index is -4.63. The van der Waals surface area contributed by atoms with Gasteiger partial charge < -0.3 is 20.5 Å². The number of aliphatic hydroxyl groups excluding tert-OH is 1. The molecule has 0 amide bonds. The summed E-state index contributed by atoms with van der Waals surface area (Å²) in [6.45, 7) is -0.428. The Bertz CT molecular complexity index is 732. The lowest BCUT2D eigenvalue weighted by molar-refractivity contribution is -0.0520. The van der Waals surface area contributed by atoms with Gasteiger partial charge in [0, 0.05) is 6.42 Å². The molecule has 3 rings (SSSR count). The number of ether oxygens (including phenoxy) is 1. The number of aliphatic hydroxyl groups is 1. The third-order valence-electron chi connectivity index (χ3n) is 3.70. The molecule has 3 aliphatic rings. The summed E-state index contributed by atoms with van der Waals surface area (Å²) in [5.41, 5.74) is 17.5. The van der Waals surface area contributed by atoms with Crippen molar-refractivity contribution in [2.75, 3.05) is 13.3 Å². The molecule has 3 aliphatic heterocycles. The summed E-state index contributed by atoms with van der Waals surface area (Å²) in [6, 6.07) is 0. The minimum Gasteiger partial charge on any atom is -0.390 e. The lowest BCUT2D eigenvalue weighted by atomic mass is 10.1. The van der Waals surface area contributed by atoms with Crippen LogP contribution in [0.15, 0.2) is 15.0 Å². The first-order valence-corrected chi connectivity index (χ1v) is 8.22. The number of guanidine groups is 1. The molecular formula is C10H17N7O6S. The molecule has 134 valence electrons. The number of hydrogen-bond donors (Lipinski definition) is 5. The minimum absolute atomic E-state index is 0.108. The van der Waals surface area contributed by atoms with E-state index in [9.17, 15) is 13.5 Å². The van der Waals surface area contributed by atoms with E-state index in [0.29, 0.717) is 0 Å². The predicted octanol–water partition coefficient (Wildman–Crippen LogP) is -3.71. The summed E-state index contributed by atoms with van der Waals surface area (Å²) in [4.78, 5) is 13.6. The maximum atomic E-state index is 10.6. The Morgan fingerprint density at radius 3 is 2.83 bits per heavy atom. The Balaban J connectivity index is 1.72. The molecule has 13 nitrogen and oxygen atoms in total. The van der Waals surface area contributed by atoms with Gasteiger partial charge in [-0.2, -0.15) is 13.4 Å². The molecule has 1 fully saturated rings. The normalized spacial score (nSPS) is 32.2. The van der Waals surface area contributed by atoms with Crippen LogP contribution in [0, 0.1) is 0 Å². The van der Waals surface area contributed by atoms with E-state index in [0.717, 1.165) is 0 Å². The molecule has 0 radical (unpaired) electrons. The van der Waals surface area contributed by atoms with Gasteiger partial charge in [-0.05, 0) is 0 Å². The Morgan fingerprint density at radius 2 is 2.17 bits per heavy atom. The van der Waals surface area contributed by atoms with Crippen LogP contribution in [0.5, 0.6) is 0 Å². The van der Waals surface area contributed by atoms with Crippen LogP contribution in [0.25, 0.3) is 0 Å². The van der Waals surface area contributed by atoms with Gasteiger partial charge in [0.05, 0.1) is 12.7 Å². The van der Waals surface area contributed by atoms with Crippen molar-refractivity contribution >= 4 is 27.9 Å². The lowest BCUT2D eigenvalue weighted by Gasteiger charge is -2.30. The second-order valence-corrected chi connectivity index (χ2v) is 6.58. The van der Waals surface area contributed by atoms with Crippen molar-refractivity contribution in [3.05, 3.63) is 0 Å². The zero-order valence-electron chi connectivity index (χ0n) is 12.3. The van der Waals surface area contributed by atoms with Crippen LogP contribution in [0.2, 0.25) is 0 Å². The van der Waals surface area contributed by atoms with Crippen LogP contribution in [0.4, 0.5) is 0 Å². The highest BCUT2D eigenvalue weighted by molar-refractivity contribution is 7.80. The van der Waals surface area contributed by atoms with E-state index >= 15 is 0 Å². The Hall–Kier alpha value is -1.68. The van der Waals surface area contributed by atoms with Crippen molar-refractivity contribution in [1.82, 2.24) is 4.90 Å². The summed E-state index contributed by atoms with van der Waals surface area (Å²) < 4.78 is 39.6. The highest BCUT2D eigenvalue weighted by Crippen LogP contribution is 2.28. The molecule has 8 N–H and O–H groups in total. The van der Waals surface area contributed by atoms with Gasteiger partial charge in [-0.15, -0.1) is 0 Å². The van der Waals surface area contributed by atoms with Gasteiger partial charge in [-0.1, -0.05) is 0 Å². The maximum Gasteiger partial charge on any atom is 0.397 e. The highest BCUT2D eigenvalue weighted by Gasteiger charge is 2.46. The Morgan fingerprint density at radius 1 is 1.46 bits per heavy atom. The molecule has 0 bridgehead atoms. The van der Waals surface area contributed by atoms with Crippen molar-refractivity contribution in [1.29, 1.82) is 0 Å². The van der Waals surface area contributed by atoms with Gasteiger partial charge in [0.25, 0.3) is 0 Å². The fraction of sp³-hybridized carbons (Fsp3) is 0.700. The number of aliphatic imine (C=N–C) groups is 3. The third-order valence-corrected chi connectivity index (χ3v) is 4.13.